The number of hydrogen-bond acceptors (Lipinski definition) is 4. The summed E-state index contributed by atoms with van der Waals surface area (Å²) in [6, 6.07) is 12.4. The summed E-state index contributed by atoms with van der Waals surface area (Å²) in [4.78, 5) is 17.1. The van der Waals surface area contributed by atoms with Gasteiger partial charge in [-0.3, -0.25) is 4.79 Å². The van der Waals surface area contributed by atoms with Gasteiger partial charge in [0.1, 0.15) is 17.2 Å². The summed E-state index contributed by atoms with van der Waals surface area (Å²) in [5.41, 5.74) is 1.38. The highest BCUT2D eigenvalue weighted by molar-refractivity contribution is 9.10. The lowest BCUT2D eigenvalue weighted by atomic mass is 10.1. The van der Waals surface area contributed by atoms with Gasteiger partial charge in [0.15, 0.2) is 0 Å². The molecule has 0 aliphatic carbocycles. The van der Waals surface area contributed by atoms with Gasteiger partial charge in [-0.05, 0) is 48.5 Å². The van der Waals surface area contributed by atoms with Crippen LogP contribution >= 0.6 is 15.9 Å². The van der Waals surface area contributed by atoms with Gasteiger partial charge in [0.2, 0.25) is 15.0 Å². The number of anilines is 1. The number of fused-ring (bicyclic) bond motifs is 1. The van der Waals surface area contributed by atoms with Gasteiger partial charge in [0.05, 0.1) is 5.75 Å². The number of hydrogen-bond donors (Lipinski definition) is 1. The summed E-state index contributed by atoms with van der Waals surface area (Å²) < 4.78 is 40.0. The van der Waals surface area contributed by atoms with Crippen LogP contribution in [0.25, 0.3) is 11.3 Å². The molecule has 9 heteroatoms. The molecule has 1 aliphatic heterocycles. The second-order valence-corrected chi connectivity index (χ2v) is 8.95. The van der Waals surface area contributed by atoms with Crippen molar-refractivity contribution in [1.29, 1.82) is 0 Å². The van der Waals surface area contributed by atoms with Crippen LogP contribution in [0.15, 0.2) is 58.2 Å². The predicted molar refractivity (Wildman–Crippen MR) is 102 cm³/mol. The number of rotatable bonds is 3. The van der Waals surface area contributed by atoms with E-state index in [2.05, 4.69) is 26.2 Å². The van der Waals surface area contributed by atoms with Crippen molar-refractivity contribution in [3.8, 4) is 11.3 Å². The summed E-state index contributed by atoms with van der Waals surface area (Å²) in [7, 11) is -3.54. The van der Waals surface area contributed by atoms with E-state index in [0.29, 0.717) is 11.3 Å². The first-order chi connectivity index (χ1) is 12.8. The van der Waals surface area contributed by atoms with Gasteiger partial charge in [-0.1, -0.05) is 15.9 Å². The lowest BCUT2D eigenvalue weighted by Gasteiger charge is -2.09. The lowest BCUT2D eigenvalue weighted by molar-refractivity contribution is 0.101. The van der Waals surface area contributed by atoms with Crippen LogP contribution < -0.4 is 5.32 Å². The highest BCUT2D eigenvalue weighted by atomic mass is 79.9. The molecule has 1 N–H and O–H groups in total. The quantitative estimate of drug-likeness (QED) is 0.663. The number of imidazole rings is 1. The molecule has 0 unspecified atom stereocenters. The van der Waals surface area contributed by atoms with Gasteiger partial charge in [-0.2, -0.15) is 0 Å². The first kappa shape index (κ1) is 17.9. The van der Waals surface area contributed by atoms with Crippen molar-refractivity contribution < 1.29 is 17.6 Å². The molecule has 1 aromatic heterocycles. The minimum absolute atomic E-state index is 0.0996. The van der Waals surface area contributed by atoms with Crippen LogP contribution in [0, 0.1) is 5.82 Å². The molecule has 0 atom stereocenters. The molecule has 2 heterocycles. The Morgan fingerprint density at radius 2 is 1.78 bits per heavy atom. The second kappa shape index (κ2) is 6.58. The SMILES string of the molecule is O=C(Nc1ccc(Br)cc1)c1c(-c2ccc(F)cc2)nc2n1CCS2(=O)=O. The molecule has 0 saturated heterocycles. The standard InChI is InChI=1S/C18H13BrFN3O3S/c19-12-3-7-14(8-4-12)21-17(24)16-15(11-1-5-13(20)6-2-11)22-18-23(16)9-10-27(18,25)26/h1-8H,9-10H2,(H,21,24). The molecule has 138 valence electrons. The maximum Gasteiger partial charge on any atom is 0.274 e. The zero-order valence-corrected chi connectivity index (χ0v) is 16.2. The van der Waals surface area contributed by atoms with Crippen LogP contribution in [0.3, 0.4) is 0 Å². The summed E-state index contributed by atoms with van der Waals surface area (Å²) in [6.45, 7) is 0.148. The smallest absolute Gasteiger partial charge is 0.274 e. The van der Waals surface area contributed by atoms with Crippen molar-refractivity contribution in [3.05, 3.63) is 64.5 Å². The van der Waals surface area contributed by atoms with E-state index in [-0.39, 0.29) is 28.8 Å². The highest BCUT2D eigenvalue weighted by Gasteiger charge is 2.35. The Hall–Kier alpha value is -2.52. The first-order valence-corrected chi connectivity index (χ1v) is 10.5. The molecule has 0 spiro atoms. The van der Waals surface area contributed by atoms with Gasteiger partial charge >= 0.3 is 0 Å². The van der Waals surface area contributed by atoms with Crippen LogP contribution in [-0.2, 0) is 16.4 Å². The fourth-order valence-corrected chi connectivity index (χ4v) is 4.56. The third kappa shape index (κ3) is 3.28. The van der Waals surface area contributed by atoms with Gasteiger partial charge in [-0.15, -0.1) is 0 Å². The van der Waals surface area contributed by atoms with Gasteiger partial charge in [-0.25, -0.2) is 17.8 Å². The summed E-state index contributed by atoms with van der Waals surface area (Å²) >= 11 is 3.33. The highest BCUT2D eigenvalue weighted by Crippen LogP contribution is 2.31. The first-order valence-electron chi connectivity index (χ1n) is 8.01. The number of amides is 1. The Bertz CT molecular complexity index is 1140. The summed E-state index contributed by atoms with van der Waals surface area (Å²) in [5, 5.41) is 2.62. The third-order valence-electron chi connectivity index (χ3n) is 4.23. The zero-order valence-electron chi connectivity index (χ0n) is 13.8. The molecule has 0 bridgehead atoms. The van der Waals surface area contributed by atoms with Gasteiger partial charge in [0.25, 0.3) is 5.91 Å². The molecular weight excluding hydrogens is 437 g/mol. The number of nitrogens with zero attached hydrogens (tertiary/aromatic N) is 2. The second-order valence-electron chi connectivity index (χ2n) is 6.03. The fraction of sp³-hybridized carbons (Fsp3) is 0.111. The Morgan fingerprint density at radius 3 is 2.44 bits per heavy atom. The number of sulfone groups is 1. The average molecular weight is 450 g/mol. The molecule has 27 heavy (non-hydrogen) atoms. The van der Waals surface area contributed by atoms with Crippen LogP contribution in [0.1, 0.15) is 10.5 Å². The van der Waals surface area contributed by atoms with E-state index in [1.165, 1.54) is 28.8 Å². The van der Waals surface area contributed by atoms with Crippen molar-refractivity contribution in [1.82, 2.24) is 9.55 Å². The number of aromatic nitrogens is 2. The van der Waals surface area contributed by atoms with Crippen molar-refractivity contribution >= 4 is 37.4 Å². The normalized spacial score (nSPS) is 14.7. The van der Waals surface area contributed by atoms with E-state index in [1.807, 2.05) is 0 Å². The van der Waals surface area contributed by atoms with E-state index in [9.17, 15) is 17.6 Å². The summed E-state index contributed by atoms with van der Waals surface area (Å²) in [5.74, 6) is -1.01. The number of carbonyl (C=O) groups is 1. The molecule has 3 aromatic rings. The monoisotopic (exact) mass is 449 g/mol. The Kier molecular flexibility index (Phi) is 4.35. The summed E-state index contributed by atoms with van der Waals surface area (Å²) in [6.07, 6.45) is 0. The number of carbonyl (C=O) groups excluding carboxylic acids is 1. The minimum atomic E-state index is -3.54. The lowest BCUT2D eigenvalue weighted by Crippen LogP contribution is -2.17. The van der Waals surface area contributed by atoms with Gasteiger partial charge < -0.3 is 9.88 Å². The molecule has 1 aliphatic rings. The van der Waals surface area contributed by atoms with E-state index in [0.717, 1.165) is 4.47 Å². The topological polar surface area (TPSA) is 81.1 Å². The third-order valence-corrected chi connectivity index (χ3v) is 6.35. The largest absolute Gasteiger partial charge is 0.321 e. The van der Waals surface area contributed by atoms with Crippen molar-refractivity contribution in [2.24, 2.45) is 0 Å². The van der Waals surface area contributed by atoms with E-state index in [4.69, 9.17) is 0 Å². The van der Waals surface area contributed by atoms with E-state index >= 15 is 0 Å². The zero-order chi connectivity index (χ0) is 19.2. The fourth-order valence-electron chi connectivity index (χ4n) is 2.94. The van der Waals surface area contributed by atoms with E-state index < -0.39 is 21.6 Å². The predicted octanol–water partition coefficient (Wildman–Crippen LogP) is 3.49. The van der Waals surface area contributed by atoms with Crippen molar-refractivity contribution in [2.75, 3.05) is 11.1 Å². The molecular formula is C18H13BrFN3O3S. The molecule has 4 rings (SSSR count). The number of benzene rings is 2. The van der Waals surface area contributed by atoms with Crippen LogP contribution in [-0.4, -0.2) is 29.6 Å². The van der Waals surface area contributed by atoms with Crippen LogP contribution in [0.4, 0.5) is 10.1 Å². The molecule has 0 radical (unpaired) electrons. The molecule has 6 nitrogen and oxygen atoms in total. The molecule has 2 aromatic carbocycles. The van der Waals surface area contributed by atoms with Crippen LogP contribution in [0.2, 0.25) is 0 Å². The number of nitrogens with one attached hydrogen (secondary N) is 1. The maximum absolute atomic E-state index is 13.3. The minimum Gasteiger partial charge on any atom is -0.321 e. The van der Waals surface area contributed by atoms with Gasteiger partial charge in [0, 0.05) is 22.3 Å². The number of halogens is 2. The maximum atomic E-state index is 13.3. The molecule has 0 saturated carbocycles. The Balaban J connectivity index is 1.81. The van der Waals surface area contributed by atoms with Crippen molar-refractivity contribution in [3.63, 3.8) is 0 Å². The van der Waals surface area contributed by atoms with E-state index in [1.54, 1.807) is 24.3 Å². The Morgan fingerprint density at radius 1 is 1.11 bits per heavy atom. The average Bonchev–Trinajstić information content (AvgIpc) is 3.15. The Labute approximate surface area is 163 Å². The molecule has 0 fully saturated rings. The molecule has 1 amide bonds. The van der Waals surface area contributed by atoms with Crippen LogP contribution in [0.5, 0.6) is 0 Å². The van der Waals surface area contributed by atoms with Crippen molar-refractivity contribution in [2.45, 2.75) is 11.7 Å².